The molecule has 1 saturated heterocycles. The van der Waals surface area contributed by atoms with Gasteiger partial charge in [-0.3, -0.25) is 9.69 Å². The minimum Gasteiger partial charge on any atom is -0.459 e. The van der Waals surface area contributed by atoms with Gasteiger partial charge in [0.05, 0.1) is 18.8 Å². The fourth-order valence-electron chi connectivity index (χ4n) is 2.49. The van der Waals surface area contributed by atoms with Crippen LogP contribution in [0.3, 0.4) is 0 Å². The van der Waals surface area contributed by atoms with Crippen molar-refractivity contribution in [2.45, 2.75) is 31.8 Å². The lowest BCUT2D eigenvalue weighted by molar-refractivity contribution is -0.124. The van der Waals surface area contributed by atoms with Gasteiger partial charge in [-0.25, -0.2) is 0 Å². The van der Waals surface area contributed by atoms with E-state index < -0.39 is 0 Å². The van der Waals surface area contributed by atoms with Crippen LogP contribution in [-0.2, 0) is 11.3 Å². The van der Waals surface area contributed by atoms with E-state index >= 15 is 0 Å². The predicted octanol–water partition coefficient (Wildman–Crippen LogP) is 1.17. The maximum Gasteiger partial charge on any atom is 0.283 e. The molecular weight excluding hydrogens is 260 g/mol. The van der Waals surface area contributed by atoms with E-state index in [0.717, 1.165) is 25.8 Å². The van der Waals surface area contributed by atoms with E-state index in [9.17, 15) is 4.79 Å². The molecule has 2 N–H and O–H groups in total. The van der Waals surface area contributed by atoms with Gasteiger partial charge in [0.2, 0.25) is 11.8 Å². The number of aromatic nitrogens is 2. The van der Waals surface area contributed by atoms with E-state index in [1.165, 1.54) is 0 Å². The van der Waals surface area contributed by atoms with Crippen molar-refractivity contribution in [2.75, 3.05) is 6.54 Å². The Bertz CT molecular complexity index is 578. The number of rotatable bonds is 4. The minimum atomic E-state index is -0.296. The van der Waals surface area contributed by atoms with Gasteiger partial charge in [-0.15, -0.1) is 10.2 Å². The Hall–Kier alpha value is -2.15. The predicted molar refractivity (Wildman–Crippen MR) is 69.2 cm³/mol. The molecule has 1 fully saturated rings. The average Bonchev–Trinajstić information content (AvgIpc) is 3.09. The lowest BCUT2D eigenvalue weighted by Gasteiger charge is -2.32. The van der Waals surface area contributed by atoms with Crippen LogP contribution in [0.1, 0.15) is 25.2 Å². The van der Waals surface area contributed by atoms with Crippen LogP contribution in [0.5, 0.6) is 0 Å². The van der Waals surface area contributed by atoms with E-state index in [1.54, 1.807) is 18.4 Å². The standard InChI is InChI=1S/C13H16N4O3/c14-12(18)9-4-1-2-6-17(9)8-11-15-16-13(20-11)10-5-3-7-19-10/h3,5,7,9H,1-2,4,6,8H2,(H2,14,18). The molecule has 3 heterocycles. The minimum absolute atomic E-state index is 0.247. The topological polar surface area (TPSA) is 98.4 Å². The molecule has 1 unspecified atom stereocenters. The van der Waals surface area contributed by atoms with Gasteiger partial charge in [0.15, 0.2) is 5.76 Å². The summed E-state index contributed by atoms with van der Waals surface area (Å²) in [5.41, 5.74) is 5.43. The molecule has 1 aliphatic rings. The van der Waals surface area contributed by atoms with Crippen LogP contribution in [-0.4, -0.2) is 33.6 Å². The molecule has 3 rings (SSSR count). The van der Waals surface area contributed by atoms with E-state index in [4.69, 9.17) is 14.6 Å². The van der Waals surface area contributed by atoms with Crippen molar-refractivity contribution in [3.05, 3.63) is 24.3 Å². The van der Waals surface area contributed by atoms with Gasteiger partial charge in [-0.2, -0.15) is 0 Å². The summed E-state index contributed by atoms with van der Waals surface area (Å²) >= 11 is 0. The molecule has 7 nitrogen and oxygen atoms in total. The highest BCUT2D eigenvalue weighted by molar-refractivity contribution is 5.79. The molecule has 0 aliphatic carbocycles. The smallest absolute Gasteiger partial charge is 0.283 e. The van der Waals surface area contributed by atoms with Gasteiger partial charge in [0.1, 0.15) is 0 Å². The zero-order valence-corrected chi connectivity index (χ0v) is 11.0. The third kappa shape index (κ3) is 2.57. The first-order chi connectivity index (χ1) is 9.74. The number of hydrogen-bond donors (Lipinski definition) is 1. The highest BCUT2D eigenvalue weighted by Gasteiger charge is 2.28. The Balaban J connectivity index is 1.72. The summed E-state index contributed by atoms with van der Waals surface area (Å²) < 4.78 is 10.7. The van der Waals surface area contributed by atoms with Gasteiger partial charge < -0.3 is 14.6 Å². The van der Waals surface area contributed by atoms with E-state index in [0.29, 0.717) is 24.1 Å². The Morgan fingerprint density at radius 2 is 2.35 bits per heavy atom. The number of hydrogen-bond acceptors (Lipinski definition) is 6. The van der Waals surface area contributed by atoms with E-state index in [1.807, 2.05) is 4.90 Å². The Morgan fingerprint density at radius 1 is 1.45 bits per heavy atom. The van der Waals surface area contributed by atoms with Crippen molar-refractivity contribution < 1.29 is 13.6 Å². The molecule has 0 spiro atoms. The molecule has 1 amide bonds. The van der Waals surface area contributed by atoms with Gasteiger partial charge in [0.25, 0.3) is 5.89 Å². The number of furan rings is 1. The Labute approximate surface area is 115 Å². The molecular formula is C13H16N4O3. The van der Waals surface area contributed by atoms with E-state index in [2.05, 4.69) is 10.2 Å². The Morgan fingerprint density at radius 3 is 3.10 bits per heavy atom. The summed E-state index contributed by atoms with van der Waals surface area (Å²) in [6.07, 6.45) is 4.40. The first-order valence-electron chi connectivity index (χ1n) is 6.63. The van der Waals surface area contributed by atoms with Crippen molar-refractivity contribution in [3.63, 3.8) is 0 Å². The number of piperidine rings is 1. The number of amides is 1. The maximum atomic E-state index is 11.4. The summed E-state index contributed by atoms with van der Waals surface area (Å²) in [6.45, 7) is 1.24. The molecule has 0 radical (unpaired) electrons. The van der Waals surface area contributed by atoms with Crippen LogP contribution in [0.15, 0.2) is 27.2 Å². The summed E-state index contributed by atoms with van der Waals surface area (Å²) in [6, 6.07) is 3.26. The molecule has 0 bridgehead atoms. The quantitative estimate of drug-likeness (QED) is 0.900. The van der Waals surface area contributed by atoms with Crippen LogP contribution in [0.25, 0.3) is 11.7 Å². The molecule has 1 aliphatic heterocycles. The van der Waals surface area contributed by atoms with Crippen LogP contribution < -0.4 is 5.73 Å². The third-order valence-corrected chi connectivity index (χ3v) is 3.48. The van der Waals surface area contributed by atoms with Crippen LogP contribution in [0.2, 0.25) is 0 Å². The van der Waals surface area contributed by atoms with E-state index in [-0.39, 0.29) is 11.9 Å². The molecule has 1 atom stereocenters. The number of nitrogens with two attached hydrogens (primary N) is 1. The molecule has 0 aromatic carbocycles. The highest BCUT2D eigenvalue weighted by Crippen LogP contribution is 2.22. The first kappa shape index (κ1) is 12.9. The second-order valence-corrected chi connectivity index (χ2v) is 4.86. The lowest BCUT2D eigenvalue weighted by atomic mass is 10.0. The Kier molecular flexibility index (Phi) is 3.51. The van der Waals surface area contributed by atoms with Crippen molar-refractivity contribution in [1.82, 2.24) is 15.1 Å². The molecule has 2 aromatic rings. The fraction of sp³-hybridized carbons (Fsp3) is 0.462. The lowest BCUT2D eigenvalue weighted by Crippen LogP contribution is -2.47. The molecule has 2 aromatic heterocycles. The fourth-order valence-corrected chi connectivity index (χ4v) is 2.49. The number of likely N-dealkylation sites (tertiary alicyclic amines) is 1. The second-order valence-electron chi connectivity index (χ2n) is 4.86. The van der Waals surface area contributed by atoms with Crippen LogP contribution >= 0.6 is 0 Å². The van der Waals surface area contributed by atoms with Crippen molar-refractivity contribution in [3.8, 4) is 11.7 Å². The second kappa shape index (κ2) is 5.46. The van der Waals surface area contributed by atoms with Gasteiger partial charge in [-0.05, 0) is 31.5 Å². The summed E-state index contributed by atoms with van der Waals surface area (Å²) in [5.74, 6) is 1.05. The zero-order chi connectivity index (χ0) is 13.9. The molecule has 7 heteroatoms. The first-order valence-corrected chi connectivity index (χ1v) is 6.63. The van der Waals surface area contributed by atoms with Gasteiger partial charge >= 0.3 is 0 Å². The number of carbonyl (C=O) groups is 1. The van der Waals surface area contributed by atoms with Crippen LogP contribution in [0, 0.1) is 0 Å². The number of primary amides is 1. The summed E-state index contributed by atoms with van der Waals surface area (Å²) in [5, 5.41) is 7.93. The normalized spacial score (nSPS) is 20.1. The summed E-state index contributed by atoms with van der Waals surface area (Å²) in [4.78, 5) is 13.4. The van der Waals surface area contributed by atoms with Crippen molar-refractivity contribution in [1.29, 1.82) is 0 Å². The van der Waals surface area contributed by atoms with Crippen LogP contribution in [0.4, 0.5) is 0 Å². The van der Waals surface area contributed by atoms with Crippen molar-refractivity contribution in [2.24, 2.45) is 5.73 Å². The largest absolute Gasteiger partial charge is 0.459 e. The number of carbonyl (C=O) groups excluding carboxylic acids is 1. The molecule has 106 valence electrons. The van der Waals surface area contributed by atoms with Crippen molar-refractivity contribution >= 4 is 5.91 Å². The monoisotopic (exact) mass is 276 g/mol. The zero-order valence-electron chi connectivity index (χ0n) is 11.0. The van der Waals surface area contributed by atoms with Gasteiger partial charge in [0, 0.05) is 0 Å². The third-order valence-electron chi connectivity index (χ3n) is 3.48. The molecule has 0 saturated carbocycles. The maximum absolute atomic E-state index is 11.4. The average molecular weight is 276 g/mol. The SMILES string of the molecule is NC(=O)C1CCCCN1Cc1nnc(-c2ccco2)o1. The van der Waals surface area contributed by atoms with Gasteiger partial charge in [-0.1, -0.05) is 6.42 Å². The molecule has 20 heavy (non-hydrogen) atoms. The summed E-state index contributed by atoms with van der Waals surface area (Å²) in [7, 11) is 0. The highest BCUT2D eigenvalue weighted by atomic mass is 16.4. The number of nitrogens with zero attached hydrogens (tertiary/aromatic N) is 3.